The standard InChI is InChI=1S/C15H20FN3O2S/c1-5-13-9(2)15(19-18-13)17-10(3)11-6-7-14(12(16)8-11)22(4,20)21/h6-8,10H,5H2,1-4H3,(H2,17,18,19)/t10-/m1/s1. The van der Waals surface area contributed by atoms with Gasteiger partial charge in [0, 0.05) is 17.5 Å². The maximum Gasteiger partial charge on any atom is 0.178 e. The predicted octanol–water partition coefficient (Wildman–Crippen LogP) is 3.00. The van der Waals surface area contributed by atoms with Gasteiger partial charge in [0.05, 0.1) is 6.04 Å². The van der Waals surface area contributed by atoms with Gasteiger partial charge in [0.1, 0.15) is 10.7 Å². The molecule has 1 aromatic heterocycles. The molecule has 0 aliphatic carbocycles. The number of aryl methyl sites for hydroxylation is 1. The van der Waals surface area contributed by atoms with Crippen molar-refractivity contribution in [3.8, 4) is 0 Å². The number of H-pyrrole nitrogens is 1. The van der Waals surface area contributed by atoms with E-state index in [4.69, 9.17) is 0 Å². The van der Waals surface area contributed by atoms with E-state index in [0.717, 1.165) is 29.8 Å². The average molecular weight is 325 g/mol. The monoisotopic (exact) mass is 325 g/mol. The zero-order valence-corrected chi connectivity index (χ0v) is 13.9. The summed E-state index contributed by atoms with van der Waals surface area (Å²) in [7, 11) is -3.55. The number of aromatic nitrogens is 2. The van der Waals surface area contributed by atoms with Crippen LogP contribution in [0.25, 0.3) is 0 Å². The fourth-order valence-corrected chi connectivity index (χ4v) is 3.02. The number of anilines is 1. The Morgan fingerprint density at radius 1 is 1.41 bits per heavy atom. The Bertz CT molecular complexity index is 784. The molecule has 1 heterocycles. The molecule has 0 spiro atoms. The van der Waals surface area contributed by atoms with Gasteiger partial charge in [-0.15, -0.1) is 0 Å². The van der Waals surface area contributed by atoms with Crippen molar-refractivity contribution in [3.63, 3.8) is 0 Å². The normalized spacial score (nSPS) is 13.1. The van der Waals surface area contributed by atoms with Crippen LogP contribution in [0.3, 0.4) is 0 Å². The average Bonchev–Trinajstić information content (AvgIpc) is 2.78. The van der Waals surface area contributed by atoms with E-state index in [-0.39, 0.29) is 10.9 Å². The lowest BCUT2D eigenvalue weighted by atomic mass is 10.1. The summed E-state index contributed by atoms with van der Waals surface area (Å²) in [4.78, 5) is -0.285. The molecule has 22 heavy (non-hydrogen) atoms. The van der Waals surface area contributed by atoms with E-state index in [9.17, 15) is 12.8 Å². The van der Waals surface area contributed by atoms with Gasteiger partial charge >= 0.3 is 0 Å². The van der Waals surface area contributed by atoms with Gasteiger partial charge in [-0.2, -0.15) is 5.10 Å². The second-order valence-corrected chi connectivity index (χ2v) is 7.34. The number of hydrogen-bond acceptors (Lipinski definition) is 4. The predicted molar refractivity (Wildman–Crippen MR) is 84.3 cm³/mol. The van der Waals surface area contributed by atoms with Crippen molar-refractivity contribution < 1.29 is 12.8 Å². The summed E-state index contributed by atoms with van der Waals surface area (Å²) < 4.78 is 36.8. The molecule has 2 N–H and O–H groups in total. The molecule has 1 aromatic carbocycles. The van der Waals surface area contributed by atoms with Crippen LogP contribution in [0.2, 0.25) is 0 Å². The molecular formula is C15H20FN3O2S. The number of sulfone groups is 1. The topological polar surface area (TPSA) is 74.8 Å². The molecule has 0 aliphatic rings. The van der Waals surface area contributed by atoms with Crippen LogP contribution in [-0.2, 0) is 16.3 Å². The van der Waals surface area contributed by atoms with Crippen LogP contribution < -0.4 is 5.32 Å². The van der Waals surface area contributed by atoms with E-state index in [1.807, 2.05) is 20.8 Å². The van der Waals surface area contributed by atoms with Crippen molar-refractivity contribution in [2.45, 2.75) is 38.1 Å². The van der Waals surface area contributed by atoms with Crippen molar-refractivity contribution in [1.82, 2.24) is 10.2 Å². The lowest BCUT2D eigenvalue weighted by Crippen LogP contribution is -2.09. The number of halogens is 1. The van der Waals surface area contributed by atoms with Gasteiger partial charge in [-0.1, -0.05) is 13.0 Å². The maximum absolute atomic E-state index is 14.0. The van der Waals surface area contributed by atoms with E-state index in [2.05, 4.69) is 15.5 Å². The molecule has 2 rings (SSSR count). The first-order valence-electron chi connectivity index (χ1n) is 7.04. The van der Waals surface area contributed by atoms with Crippen LogP contribution in [0.15, 0.2) is 23.1 Å². The molecule has 1 atom stereocenters. The SMILES string of the molecule is CCc1[nH]nc(N[C@H](C)c2ccc(S(C)(=O)=O)c(F)c2)c1C. The minimum absolute atomic E-state index is 0.199. The Morgan fingerprint density at radius 2 is 2.09 bits per heavy atom. The minimum Gasteiger partial charge on any atom is -0.362 e. The van der Waals surface area contributed by atoms with E-state index < -0.39 is 15.7 Å². The van der Waals surface area contributed by atoms with E-state index in [1.165, 1.54) is 12.1 Å². The second kappa shape index (κ2) is 6.08. The fraction of sp³-hybridized carbons (Fsp3) is 0.400. The Balaban J connectivity index is 2.25. The molecular weight excluding hydrogens is 305 g/mol. The van der Waals surface area contributed by atoms with Crippen LogP contribution in [0.1, 0.15) is 36.7 Å². The van der Waals surface area contributed by atoms with Crippen molar-refractivity contribution >= 4 is 15.7 Å². The molecule has 0 bridgehead atoms. The zero-order valence-electron chi connectivity index (χ0n) is 13.1. The molecule has 0 amide bonds. The molecule has 5 nitrogen and oxygen atoms in total. The quantitative estimate of drug-likeness (QED) is 0.886. The summed E-state index contributed by atoms with van der Waals surface area (Å²) in [6, 6.07) is 3.96. The molecule has 0 radical (unpaired) electrons. The number of nitrogens with zero attached hydrogens (tertiary/aromatic N) is 1. The Kier molecular flexibility index (Phi) is 4.55. The summed E-state index contributed by atoms with van der Waals surface area (Å²) in [6.45, 7) is 5.87. The van der Waals surface area contributed by atoms with E-state index in [0.29, 0.717) is 5.56 Å². The van der Waals surface area contributed by atoms with Crippen LogP contribution in [0, 0.1) is 12.7 Å². The zero-order chi connectivity index (χ0) is 16.5. The number of nitrogens with one attached hydrogen (secondary N) is 2. The lowest BCUT2D eigenvalue weighted by Gasteiger charge is -2.15. The maximum atomic E-state index is 14.0. The highest BCUT2D eigenvalue weighted by Crippen LogP contribution is 2.24. The number of aromatic amines is 1. The summed E-state index contributed by atoms with van der Waals surface area (Å²) in [5.41, 5.74) is 2.74. The van der Waals surface area contributed by atoms with Gasteiger partial charge in [0.25, 0.3) is 0 Å². The van der Waals surface area contributed by atoms with Crippen molar-refractivity contribution in [1.29, 1.82) is 0 Å². The molecule has 0 fully saturated rings. The summed E-state index contributed by atoms with van der Waals surface area (Å²) in [5, 5.41) is 10.4. The van der Waals surface area contributed by atoms with Gasteiger partial charge < -0.3 is 5.32 Å². The van der Waals surface area contributed by atoms with Crippen LogP contribution in [-0.4, -0.2) is 24.9 Å². The van der Waals surface area contributed by atoms with Crippen LogP contribution in [0.4, 0.5) is 10.2 Å². The van der Waals surface area contributed by atoms with Crippen LogP contribution in [0.5, 0.6) is 0 Å². The van der Waals surface area contributed by atoms with Gasteiger partial charge in [0.2, 0.25) is 0 Å². The van der Waals surface area contributed by atoms with Gasteiger partial charge in [-0.3, -0.25) is 5.10 Å². The largest absolute Gasteiger partial charge is 0.362 e. The van der Waals surface area contributed by atoms with E-state index >= 15 is 0 Å². The molecule has 2 aromatic rings. The summed E-state index contributed by atoms with van der Waals surface area (Å²) in [5.74, 6) is -0.0152. The molecule has 120 valence electrons. The lowest BCUT2D eigenvalue weighted by molar-refractivity contribution is 0.568. The Hall–Kier alpha value is -1.89. The summed E-state index contributed by atoms with van der Waals surface area (Å²) >= 11 is 0. The highest BCUT2D eigenvalue weighted by atomic mass is 32.2. The number of rotatable bonds is 5. The highest BCUT2D eigenvalue weighted by molar-refractivity contribution is 7.90. The third-order valence-electron chi connectivity index (χ3n) is 3.67. The van der Waals surface area contributed by atoms with Crippen LogP contribution >= 0.6 is 0 Å². The smallest absolute Gasteiger partial charge is 0.178 e. The highest BCUT2D eigenvalue weighted by Gasteiger charge is 2.17. The first kappa shape index (κ1) is 16.5. The van der Waals surface area contributed by atoms with Gasteiger partial charge in [0.15, 0.2) is 15.7 Å². The van der Waals surface area contributed by atoms with E-state index in [1.54, 1.807) is 6.07 Å². The molecule has 0 saturated heterocycles. The molecule has 7 heteroatoms. The Morgan fingerprint density at radius 3 is 2.59 bits per heavy atom. The first-order chi connectivity index (χ1) is 10.2. The van der Waals surface area contributed by atoms with Gasteiger partial charge in [-0.25, -0.2) is 12.8 Å². The first-order valence-corrected chi connectivity index (χ1v) is 8.93. The fourth-order valence-electron chi connectivity index (χ4n) is 2.29. The van der Waals surface area contributed by atoms with Crippen molar-refractivity contribution in [2.75, 3.05) is 11.6 Å². The number of hydrogen-bond donors (Lipinski definition) is 2. The third kappa shape index (κ3) is 3.30. The third-order valence-corrected chi connectivity index (χ3v) is 4.80. The Labute approximate surface area is 129 Å². The van der Waals surface area contributed by atoms with Crippen molar-refractivity contribution in [2.24, 2.45) is 0 Å². The molecule has 0 unspecified atom stereocenters. The number of benzene rings is 1. The summed E-state index contributed by atoms with van der Waals surface area (Å²) in [6.07, 6.45) is 1.85. The molecule has 0 saturated carbocycles. The minimum atomic E-state index is -3.55. The van der Waals surface area contributed by atoms with Crippen molar-refractivity contribution in [3.05, 3.63) is 40.8 Å². The second-order valence-electron chi connectivity index (χ2n) is 5.36. The molecule has 0 aliphatic heterocycles. The van der Waals surface area contributed by atoms with Gasteiger partial charge in [-0.05, 0) is 38.0 Å².